The summed E-state index contributed by atoms with van der Waals surface area (Å²) in [7, 11) is 1.51. The molecule has 0 fully saturated rings. The molecule has 0 aliphatic carbocycles. The van der Waals surface area contributed by atoms with Crippen LogP contribution in [-0.4, -0.2) is 87.5 Å². The maximum Gasteiger partial charge on any atom is 0.104 e. The molecule has 7 nitrogen and oxygen atoms in total. The molecule has 0 aliphatic rings. The Morgan fingerprint density at radius 2 is 1.50 bits per heavy atom. The highest BCUT2D eigenvalue weighted by Gasteiger charge is 2.11. The van der Waals surface area contributed by atoms with Gasteiger partial charge in [0, 0.05) is 33.5 Å². The summed E-state index contributed by atoms with van der Waals surface area (Å²) >= 11 is 0. The summed E-state index contributed by atoms with van der Waals surface area (Å²) < 4.78 is 21.0. The molecule has 7 heteroatoms. The lowest BCUT2D eigenvalue weighted by molar-refractivity contribution is -0.0804. The molecule has 2 atom stereocenters. The number of methoxy groups -OCH3 is 1. The number of hydrogen-bond acceptors (Lipinski definition) is 7. The molecule has 0 radical (unpaired) electrons. The van der Waals surface area contributed by atoms with E-state index in [1.54, 1.807) is 0 Å². The zero-order chi connectivity index (χ0) is 15.1. The Morgan fingerprint density at radius 1 is 0.850 bits per heavy atom. The second-order valence-electron chi connectivity index (χ2n) is 4.37. The molecule has 0 amide bonds. The summed E-state index contributed by atoms with van der Waals surface area (Å²) in [5, 5.41) is 26.8. The third-order valence-corrected chi connectivity index (χ3v) is 2.38. The normalized spacial score (nSPS) is 14.4. The summed E-state index contributed by atoms with van der Waals surface area (Å²) in [6.07, 6.45) is 0.222. The minimum Gasteiger partial charge on any atom is -0.396 e. The minimum absolute atomic E-state index is 0.0749. The molecule has 122 valence electrons. The van der Waals surface area contributed by atoms with Crippen molar-refractivity contribution in [2.45, 2.75) is 25.0 Å². The zero-order valence-corrected chi connectivity index (χ0v) is 12.2. The van der Waals surface area contributed by atoms with Crippen molar-refractivity contribution in [1.82, 2.24) is 0 Å². The van der Waals surface area contributed by atoms with Crippen LogP contribution >= 0.6 is 0 Å². The van der Waals surface area contributed by atoms with E-state index in [4.69, 9.17) is 29.2 Å². The van der Waals surface area contributed by atoms with Crippen molar-refractivity contribution in [3.05, 3.63) is 0 Å². The van der Waals surface area contributed by atoms with E-state index in [-0.39, 0.29) is 32.5 Å². The van der Waals surface area contributed by atoms with Gasteiger partial charge in [0.25, 0.3) is 0 Å². The fourth-order valence-corrected chi connectivity index (χ4v) is 1.42. The highest BCUT2D eigenvalue weighted by Crippen LogP contribution is 1.99. The SMILES string of the molecule is COCC(O)COCC(COCCCO)OCCCO. The van der Waals surface area contributed by atoms with Gasteiger partial charge in [0.2, 0.25) is 0 Å². The van der Waals surface area contributed by atoms with Gasteiger partial charge in [-0.25, -0.2) is 0 Å². The lowest BCUT2D eigenvalue weighted by Crippen LogP contribution is -2.30. The third-order valence-electron chi connectivity index (χ3n) is 2.38. The van der Waals surface area contributed by atoms with Crippen LogP contribution in [0.4, 0.5) is 0 Å². The van der Waals surface area contributed by atoms with Crippen LogP contribution in [0.1, 0.15) is 12.8 Å². The van der Waals surface area contributed by atoms with Gasteiger partial charge < -0.3 is 34.3 Å². The van der Waals surface area contributed by atoms with E-state index in [2.05, 4.69) is 0 Å². The van der Waals surface area contributed by atoms with Gasteiger partial charge in [0.15, 0.2) is 0 Å². The Labute approximate surface area is 120 Å². The summed E-state index contributed by atoms with van der Waals surface area (Å²) in [6, 6.07) is 0. The van der Waals surface area contributed by atoms with Crippen LogP contribution in [0, 0.1) is 0 Å². The summed E-state index contributed by atoms with van der Waals surface area (Å²) in [6.45, 7) is 2.10. The Kier molecular flexibility index (Phi) is 14.9. The second kappa shape index (κ2) is 15.1. The van der Waals surface area contributed by atoms with Gasteiger partial charge in [-0.2, -0.15) is 0 Å². The summed E-state index contributed by atoms with van der Waals surface area (Å²) in [5.41, 5.74) is 0. The average Bonchev–Trinajstić information content (AvgIpc) is 2.43. The molecule has 2 unspecified atom stereocenters. The van der Waals surface area contributed by atoms with Crippen LogP contribution in [0.5, 0.6) is 0 Å². The highest BCUT2D eigenvalue weighted by molar-refractivity contribution is 4.58. The van der Waals surface area contributed by atoms with Crippen LogP contribution in [0.15, 0.2) is 0 Å². The highest BCUT2D eigenvalue weighted by atomic mass is 16.6. The summed E-state index contributed by atoms with van der Waals surface area (Å²) in [4.78, 5) is 0. The zero-order valence-electron chi connectivity index (χ0n) is 12.2. The molecular weight excluding hydrogens is 268 g/mol. The maximum atomic E-state index is 9.44. The Balaban J connectivity index is 3.78. The largest absolute Gasteiger partial charge is 0.396 e. The molecule has 0 bridgehead atoms. The molecular formula is C13H28O7. The van der Waals surface area contributed by atoms with Crippen molar-refractivity contribution in [2.75, 3.05) is 60.0 Å². The maximum absolute atomic E-state index is 9.44. The van der Waals surface area contributed by atoms with Crippen molar-refractivity contribution >= 4 is 0 Å². The molecule has 0 saturated heterocycles. The van der Waals surface area contributed by atoms with Gasteiger partial charge in [0.1, 0.15) is 12.2 Å². The first-order valence-electron chi connectivity index (χ1n) is 6.90. The van der Waals surface area contributed by atoms with Crippen LogP contribution in [0.2, 0.25) is 0 Å². The van der Waals surface area contributed by atoms with Gasteiger partial charge in [-0.15, -0.1) is 0 Å². The molecule has 0 aromatic heterocycles. The van der Waals surface area contributed by atoms with E-state index in [9.17, 15) is 5.11 Å². The van der Waals surface area contributed by atoms with E-state index in [0.717, 1.165) is 0 Å². The Bertz CT molecular complexity index is 192. The van der Waals surface area contributed by atoms with Gasteiger partial charge in [0.05, 0.1) is 26.4 Å². The fourth-order valence-electron chi connectivity index (χ4n) is 1.42. The monoisotopic (exact) mass is 296 g/mol. The first-order chi connectivity index (χ1) is 9.74. The lowest BCUT2D eigenvalue weighted by atomic mass is 10.3. The molecule has 0 aliphatic heterocycles. The third kappa shape index (κ3) is 12.7. The predicted molar refractivity (Wildman–Crippen MR) is 72.7 cm³/mol. The molecule has 20 heavy (non-hydrogen) atoms. The quantitative estimate of drug-likeness (QED) is 0.340. The molecule has 0 heterocycles. The van der Waals surface area contributed by atoms with Gasteiger partial charge in [-0.05, 0) is 12.8 Å². The second-order valence-corrected chi connectivity index (χ2v) is 4.37. The number of aliphatic hydroxyl groups is 3. The van der Waals surface area contributed by atoms with Crippen LogP contribution in [0.25, 0.3) is 0 Å². The molecule has 0 spiro atoms. The predicted octanol–water partition coefficient (Wildman–Crippen LogP) is -0.823. The van der Waals surface area contributed by atoms with Crippen LogP contribution in [-0.2, 0) is 18.9 Å². The van der Waals surface area contributed by atoms with E-state index < -0.39 is 6.10 Å². The topological polar surface area (TPSA) is 97.6 Å². The minimum atomic E-state index is -0.659. The molecule has 0 saturated carbocycles. The molecule has 0 rings (SSSR count). The average molecular weight is 296 g/mol. The van der Waals surface area contributed by atoms with E-state index in [1.807, 2.05) is 0 Å². The first kappa shape index (κ1) is 19.7. The van der Waals surface area contributed by atoms with E-state index in [1.165, 1.54) is 7.11 Å². The van der Waals surface area contributed by atoms with E-state index in [0.29, 0.717) is 39.3 Å². The van der Waals surface area contributed by atoms with Gasteiger partial charge >= 0.3 is 0 Å². The van der Waals surface area contributed by atoms with Gasteiger partial charge in [-0.1, -0.05) is 0 Å². The number of aliphatic hydroxyl groups excluding tert-OH is 3. The van der Waals surface area contributed by atoms with Gasteiger partial charge in [-0.3, -0.25) is 0 Å². The summed E-state index contributed by atoms with van der Waals surface area (Å²) in [5.74, 6) is 0. The fraction of sp³-hybridized carbons (Fsp3) is 1.00. The van der Waals surface area contributed by atoms with Crippen molar-refractivity contribution < 1.29 is 34.3 Å². The van der Waals surface area contributed by atoms with Crippen LogP contribution in [0.3, 0.4) is 0 Å². The molecule has 0 aromatic rings. The van der Waals surface area contributed by atoms with Crippen LogP contribution < -0.4 is 0 Å². The Morgan fingerprint density at radius 3 is 2.15 bits per heavy atom. The van der Waals surface area contributed by atoms with Crippen molar-refractivity contribution in [3.8, 4) is 0 Å². The van der Waals surface area contributed by atoms with Crippen molar-refractivity contribution in [3.63, 3.8) is 0 Å². The molecule has 3 N–H and O–H groups in total. The first-order valence-corrected chi connectivity index (χ1v) is 6.90. The van der Waals surface area contributed by atoms with Crippen molar-refractivity contribution in [2.24, 2.45) is 0 Å². The Hall–Kier alpha value is -0.280. The standard InChI is InChI=1S/C13H28O7/c1-17-8-12(16)9-19-11-13(20-7-3-5-15)10-18-6-2-4-14/h12-16H,2-11H2,1H3. The molecule has 0 aromatic carbocycles. The van der Waals surface area contributed by atoms with E-state index >= 15 is 0 Å². The number of hydrogen-bond donors (Lipinski definition) is 3. The number of rotatable bonds is 15. The lowest BCUT2D eigenvalue weighted by Gasteiger charge is -2.19. The van der Waals surface area contributed by atoms with Crippen molar-refractivity contribution in [1.29, 1.82) is 0 Å². The number of ether oxygens (including phenoxy) is 4. The smallest absolute Gasteiger partial charge is 0.104 e.